The van der Waals surface area contributed by atoms with Crippen LogP contribution in [-0.4, -0.2) is 5.78 Å². The molecule has 1 heteroatoms. The lowest BCUT2D eigenvalue weighted by Crippen LogP contribution is -2.06. The number of carbonyl (C=O) groups is 1. The molecule has 0 heterocycles. The van der Waals surface area contributed by atoms with Gasteiger partial charge in [0.15, 0.2) is 5.78 Å². The number of aryl methyl sites for hydroxylation is 1. The lowest BCUT2D eigenvalue weighted by molar-refractivity contribution is 0.105. The summed E-state index contributed by atoms with van der Waals surface area (Å²) in [6.45, 7) is 7.67. The standard InChI is InChI=1S/C19H18O/c1-4-14(2)18(16-11-6-5-7-12-16)19(20)17-13-9-8-10-15(17)3/h4-13H,1H2,2-3H3/b18-14-. The molecule has 20 heavy (non-hydrogen) atoms. The molecule has 0 fully saturated rings. The van der Waals surface area contributed by atoms with Crippen LogP contribution in [0.15, 0.2) is 72.8 Å². The van der Waals surface area contributed by atoms with Crippen LogP contribution >= 0.6 is 0 Å². The largest absolute Gasteiger partial charge is 0.289 e. The molecule has 2 aromatic carbocycles. The highest BCUT2D eigenvalue weighted by atomic mass is 16.1. The molecule has 0 aliphatic carbocycles. The van der Waals surface area contributed by atoms with Gasteiger partial charge in [0.05, 0.1) is 0 Å². The van der Waals surface area contributed by atoms with Gasteiger partial charge in [0, 0.05) is 11.1 Å². The lowest BCUT2D eigenvalue weighted by Gasteiger charge is -2.11. The fourth-order valence-electron chi connectivity index (χ4n) is 2.21. The Morgan fingerprint density at radius 1 is 1.00 bits per heavy atom. The molecule has 0 aliphatic heterocycles. The van der Waals surface area contributed by atoms with Crippen molar-refractivity contribution in [1.82, 2.24) is 0 Å². The second kappa shape index (κ2) is 6.16. The Kier molecular flexibility index (Phi) is 4.31. The first-order valence-corrected chi connectivity index (χ1v) is 6.64. The Labute approximate surface area is 120 Å². The van der Waals surface area contributed by atoms with Crippen LogP contribution in [0.25, 0.3) is 5.57 Å². The summed E-state index contributed by atoms with van der Waals surface area (Å²) in [5.41, 5.74) is 4.27. The quantitative estimate of drug-likeness (QED) is 0.438. The van der Waals surface area contributed by atoms with Gasteiger partial charge in [-0.1, -0.05) is 67.3 Å². The first kappa shape index (κ1) is 14.0. The zero-order valence-corrected chi connectivity index (χ0v) is 11.9. The van der Waals surface area contributed by atoms with Gasteiger partial charge in [-0.05, 0) is 30.5 Å². The number of carbonyl (C=O) groups excluding carboxylic acids is 1. The highest BCUT2D eigenvalue weighted by Crippen LogP contribution is 2.25. The topological polar surface area (TPSA) is 17.1 Å². The fraction of sp³-hybridized carbons (Fsp3) is 0.105. The van der Waals surface area contributed by atoms with Gasteiger partial charge >= 0.3 is 0 Å². The maximum absolute atomic E-state index is 12.9. The maximum atomic E-state index is 12.9. The van der Waals surface area contributed by atoms with Crippen LogP contribution in [0.2, 0.25) is 0 Å². The summed E-state index contributed by atoms with van der Waals surface area (Å²) in [6.07, 6.45) is 1.73. The van der Waals surface area contributed by atoms with E-state index in [0.717, 1.165) is 27.8 Å². The Balaban J connectivity index is 2.58. The molecule has 0 bridgehead atoms. The van der Waals surface area contributed by atoms with Gasteiger partial charge in [-0.2, -0.15) is 0 Å². The molecule has 0 saturated carbocycles. The second-order valence-electron chi connectivity index (χ2n) is 4.77. The summed E-state index contributed by atoms with van der Waals surface area (Å²) in [7, 11) is 0. The van der Waals surface area contributed by atoms with E-state index < -0.39 is 0 Å². The van der Waals surface area contributed by atoms with Crippen LogP contribution in [0.4, 0.5) is 0 Å². The monoisotopic (exact) mass is 262 g/mol. The van der Waals surface area contributed by atoms with Crippen molar-refractivity contribution in [3.05, 3.63) is 89.5 Å². The van der Waals surface area contributed by atoms with Crippen molar-refractivity contribution in [1.29, 1.82) is 0 Å². The van der Waals surface area contributed by atoms with Crippen molar-refractivity contribution in [2.75, 3.05) is 0 Å². The first-order valence-electron chi connectivity index (χ1n) is 6.64. The zero-order valence-electron chi connectivity index (χ0n) is 11.9. The van der Waals surface area contributed by atoms with Crippen molar-refractivity contribution in [3.63, 3.8) is 0 Å². The van der Waals surface area contributed by atoms with E-state index in [4.69, 9.17) is 0 Å². The van der Waals surface area contributed by atoms with E-state index in [-0.39, 0.29) is 5.78 Å². The molecule has 0 aliphatic rings. The molecule has 1 nitrogen and oxygen atoms in total. The molecule has 0 saturated heterocycles. The molecule has 2 aromatic rings. The molecule has 0 unspecified atom stereocenters. The normalized spacial score (nSPS) is 11.7. The van der Waals surface area contributed by atoms with Gasteiger partial charge in [-0.25, -0.2) is 0 Å². The average Bonchev–Trinajstić information content (AvgIpc) is 2.48. The van der Waals surface area contributed by atoms with Gasteiger partial charge < -0.3 is 0 Å². The van der Waals surface area contributed by atoms with Crippen LogP contribution in [0, 0.1) is 6.92 Å². The molecule has 100 valence electrons. The third-order valence-corrected chi connectivity index (χ3v) is 3.38. The molecular weight excluding hydrogens is 244 g/mol. The SMILES string of the molecule is C=C/C(C)=C(\C(=O)c1ccccc1C)c1ccccc1. The van der Waals surface area contributed by atoms with Crippen molar-refractivity contribution in [2.45, 2.75) is 13.8 Å². The van der Waals surface area contributed by atoms with Crippen molar-refractivity contribution in [2.24, 2.45) is 0 Å². The third-order valence-electron chi connectivity index (χ3n) is 3.38. The molecule has 2 rings (SSSR count). The minimum absolute atomic E-state index is 0.0479. The van der Waals surface area contributed by atoms with Crippen LogP contribution in [0.3, 0.4) is 0 Å². The van der Waals surface area contributed by atoms with Gasteiger partial charge in [0.1, 0.15) is 0 Å². The highest BCUT2D eigenvalue weighted by molar-refractivity contribution is 6.30. The number of rotatable bonds is 4. The van der Waals surface area contributed by atoms with Crippen LogP contribution in [0.5, 0.6) is 0 Å². The van der Waals surface area contributed by atoms with E-state index >= 15 is 0 Å². The summed E-state index contributed by atoms with van der Waals surface area (Å²) < 4.78 is 0. The molecule has 0 amide bonds. The van der Waals surface area contributed by atoms with E-state index in [1.165, 1.54) is 0 Å². The smallest absolute Gasteiger partial charge is 0.194 e. The number of hydrogen-bond donors (Lipinski definition) is 0. The summed E-state index contributed by atoms with van der Waals surface area (Å²) in [5, 5.41) is 0. The Bertz CT molecular complexity index is 663. The van der Waals surface area contributed by atoms with E-state index in [1.807, 2.05) is 68.4 Å². The van der Waals surface area contributed by atoms with Crippen molar-refractivity contribution < 1.29 is 4.79 Å². The highest BCUT2D eigenvalue weighted by Gasteiger charge is 2.17. The van der Waals surface area contributed by atoms with E-state index in [1.54, 1.807) is 6.08 Å². The van der Waals surface area contributed by atoms with E-state index in [2.05, 4.69) is 6.58 Å². The predicted octanol–water partition coefficient (Wildman–Crippen LogP) is 4.84. The number of Topliss-reactive ketones (excluding diaryl/α,β-unsaturated/α-hetero) is 1. The zero-order chi connectivity index (χ0) is 14.5. The maximum Gasteiger partial charge on any atom is 0.194 e. The van der Waals surface area contributed by atoms with E-state index in [0.29, 0.717) is 0 Å². The number of hydrogen-bond acceptors (Lipinski definition) is 1. The first-order chi connectivity index (χ1) is 9.65. The van der Waals surface area contributed by atoms with Gasteiger partial charge in [0.25, 0.3) is 0 Å². The third kappa shape index (κ3) is 2.77. The fourth-order valence-corrected chi connectivity index (χ4v) is 2.21. The predicted molar refractivity (Wildman–Crippen MR) is 84.7 cm³/mol. The minimum atomic E-state index is 0.0479. The summed E-state index contributed by atoms with van der Waals surface area (Å²) in [5.74, 6) is 0.0479. The Morgan fingerprint density at radius 2 is 1.60 bits per heavy atom. The molecule has 0 N–H and O–H groups in total. The molecular formula is C19H18O. The van der Waals surface area contributed by atoms with Crippen molar-refractivity contribution in [3.8, 4) is 0 Å². The average molecular weight is 262 g/mol. The van der Waals surface area contributed by atoms with Gasteiger partial charge in [-0.3, -0.25) is 4.79 Å². The lowest BCUT2D eigenvalue weighted by atomic mass is 9.91. The van der Waals surface area contributed by atoms with Crippen LogP contribution < -0.4 is 0 Å². The number of ketones is 1. The number of allylic oxidation sites excluding steroid dienone is 3. The summed E-state index contributed by atoms with van der Waals surface area (Å²) >= 11 is 0. The molecule has 0 aromatic heterocycles. The molecule has 0 radical (unpaired) electrons. The number of benzene rings is 2. The second-order valence-corrected chi connectivity index (χ2v) is 4.77. The minimum Gasteiger partial charge on any atom is -0.289 e. The summed E-state index contributed by atoms with van der Waals surface area (Å²) in [4.78, 5) is 12.9. The Morgan fingerprint density at radius 3 is 2.20 bits per heavy atom. The van der Waals surface area contributed by atoms with Crippen molar-refractivity contribution >= 4 is 11.4 Å². The van der Waals surface area contributed by atoms with Gasteiger partial charge in [-0.15, -0.1) is 0 Å². The summed E-state index contributed by atoms with van der Waals surface area (Å²) in [6, 6.07) is 17.4. The molecule has 0 atom stereocenters. The Hall–Kier alpha value is -2.41. The van der Waals surface area contributed by atoms with Gasteiger partial charge in [0.2, 0.25) is 0 Å². The molecule has 0 spiro atoms. The van der Waals surface area contributed by atoms with Crippen LogP contribution in [0.1, 0.15) is 28.4 Å². The van der Waals surface area contributed by atoms with Crippen LogP contribution in [-0.2, 0) is 0 Å². The van der Waals surface area contributed by atoms with E-state index in [9.17, 15) is 4.79 Å².